The Hall–Kier alpha value is -2.58. The van der Waals surface area contributed by atoms with E-state index in [1.807, 2.05) is 19.9 Å². The van der Waals surface area contributed by atoms with E-state index in [0.717, 1.165) is 27.3 Å². The van der Waals surface area contributed by atoms with Crippen molar-refractivity contribution in [3.63, 3.8) is 0 Å². The van der Waals surface area contributed by atoms with Crippen molar-refractivity contribution in [3.05, 3.63) is 64.2 Å². The summed E-state index contributed by atoms with van der Waals surface area (Å²) >= 11 is 5.96. The molecule has 174 valence electrons. The van der Waals surface area contributed by atoms with Gasteiger partial charge < -0.3 is 10.2 Å². The number of carbonyl (C=O) groups excluding carboxylic acids is 2. The minimum atomic E-state index is -3.75. The maximum atomic E-state index is 13.4. The maximum absolute atomic E-state index is 13.4. The molecule has 0 bridgehead atoms. The molecule has 0 saturated heterocycles. The summed E-state index contributed by atoms with van der Waals surface area (Å²) in [5.74, 6) is -0.796. The summed E-state index contributed by atoms with van der Waals surface area (Å²) in [5.41, 5.74) is 2.95. The van der Waals surface area contributed by atoms with E-state index >= 15 is 0 Å². The highest BCUT2D eigenvalue weighted by molar-refractivity contribution is 7.92. The van der Waals surface area contributed by atoms with Gasteiger partial charge in [0.2, 0.25) is 21.8 Å². The number of carbonyl (C=O) groups is 2. The molecule has 0 saturated carbocycles. The van der Waals surface area contributed by atoms with Crippen LogP contribution in [0.4, 0.5) is 5.69 Å². The molecule has 0 aliphatic rings. The van der Waals surface area contributed by atoms with Gasteiger partial charge in [0, 0.05) is 18.1 Å². The highest BCUT2D eigenvalue weighted by Gasteiger charge is 2.30. The van der Waals surface area contributed by atoms with E-state index in [4.69, 9.17) is 11.6 Å². The van der Waals surface area contributed by atoms with Crippen molar-refractivity contribution in [2.75, 3.05) is 23.7 Å². The zero-order chi connectivity index (χ0) is 24.1. The number of amides is 2. The molecule has 0 aromatic heterocycles. The van der Waals surface area contributed by atoms with Gasteiger partial charge in [-0.25, -0.2) is 8.42 Å². The Labute approximate surface area is 195 Å². The second-order valence-electron chi connectivity index (χ2n) is 7.83. The molecule has 9 heteroatoms. The first-order chi connectivity index (χ1) is 14.9. The van der Waals surface area contributed by atoms with Crippen LogP contribution in [-0.2, 0) is 26.2 Å². The third kappa shape index (κ3) is 6.97. The van der Waals surface area contributed by atoms with E-state index in [1.165, 1.54) is 4.90 Å². The second-order valence-corrected chi connectivity index (χ2v) is 10.2. The van der Waals surface area contributed by atoms with E-state index in [-0.39, 0.29) is 12.5 Å². The summed E-state index contributed by atoms with van der Waals surface area (Å²) in [6, 6.07) is 11.5. The van der Waals surface area contributed by atoms with Crippen molar-refractivity contribution in [3.8, 4) is 0 Å². The number of benzene rings is 2. The fraction of sp³-hybridized carbons (Fsp3) is 0.391. The zero-order valence-electron chi connectivity index (χ0n) is 19.1. The number of aryl methyl sites for hydroxylation is 2. The largest absolute Gasteiger partial charge is 0.355 e. The van der Waals surface area contributed by atoms with Gasteiger partial charge in [-0.3, -0.25) is 13.9 Å². The lowest BCUT2D eigenvalue weighted by Gasteiger charge is -2.31. The van der Waals surface area contributed by atoms with Crippen molar-refractivity contribution in [1.82, 2.24) is 10.2 Å². The van der Waals surface area contributed by atoms with Crippen LogP contribution in [0.5, 0.6) is 0 Å². The molecule has 0 aliphatic carbocycles. The summed E-state index contributed by atoms with van der Waals surface area (Å²) in [6.07, 6.45) is 1.06. The van der Waals surface area contributed by atoms with Gasteiger partial charge in [0.1, 0.15) is 12.6 Å². The van der Waals surface area contributed by atoms with Gasteiger partial charge >= 0.3 is 0 Å². The van der Waals surface area contributed by atoms with Crippen LogP contribution in [0.25, 0.3) is 0 Å². The Bertz CT molecular complexity index is 1050. The van der Waals surface area contributed by atoms with Gasteiger partial charge in [-0.15, -0.1) is 0 Å². The van der Waals surface area contributed by atoms with Crippen LogP contribution in [0, 0.1) is 13.8 Å². The monoisotopic (exact) mass is 479 g/mol. The van der Waals surface area contributed by atoms with Crippen molar-refractivity contribution in [2.45, 2.75) is 40.3 Å². The van der Waals surface area contributed by atoms with Crippen LogP contribution in [0.3, 0.4) is 0 Å². The van der Waals surface area contributed by atoms with Crippen molar-refractivity contribution >= 4 is 39.1 Å². The van der Waals surface area contributed by atoms with Crippen LogP contribution < -0.4 is 9.62 Å². The molecule has 1 atom stereocenters. The second kappa shape index (κ2) is 10.8. The molecule has 0 aliphatic heterocycles. The van der Waals surface area contributed by atoms with E-state index in [9.17, 15) is 18.0 Å². The molecule has 1 N–H and O–H groups in total. The molecule has 1 unspecified atom stereocenters. The zero-order valence-corrected chi connectivity index (χ0v) is 20.6. The number of likely N-dealkylation sites (N-methyl/N-ethyl adjacent to an activating group) is 1. The lowest BCUT2D eigenvalue weighted by molar-refractivity contribution is -0.139. The van der Waals surface area contributed by atoms with Gasteiger partial charge in [-0.05, 0) is 68.7 Å². The molecule has 0 radical (unpaired) electrons. The van der Waals surface area contributed by atoms with Crippen LogP contribution in [0.2, 0.25) is 5.02 Å². The number of halogens is 1. The number of hydrogen-bond acceptors (Lipinski definition) is 4. The Morgan fingerprint density at radius 2 is 1.62 bits per heavy atom. The van der Waals surface area contributed by atoms with Crippen LogP contribution in [-0.4, -0.2) is 50.5 Å². The number of hydrogen-bond donors (Lipinski definition) is 1. The maximum Gasteiger partial charge on any atom is 0.244 e. The Balaban J connectivity index is 2.40. The number of anilines is 1. The smallest absolute Gasteiger partial charge is 0.244 e. The van der Waals surface area contributed by atoms with Gasteiger partial charge in [-0.2, -0.15) is 0 Å². The highest BCUT2D eigenvalue weighted by Crippen LogP contribution is 2.22. The molecule has 7 nitrogen and oxygen atoms in total. The number of rotatable bonds is 9. The molecule has 0 heterocycles. The summed E-state index contributed by atoms with van der Waals surface area (Å²) in [7, 11) is -3.75. The first-order valence-corrected chi connectivity index (χ1v) is 12.5. The molecule has 2 aromatic rings. The van der Waals surface area contributed by atoms with E-state index < -0.39 is 28.5 Å². The van der Waals surface area contributed by atoms with Gasteiger partial charge in [0.15, 0.2) is 0 Å². The first-order valence-electron chi connectivity index (χ1n) is 10.3. The standard InChI is InChI=1S/C23H30ClN3O4S/c1-6-25-23(29)18(4)26(14-19-7-9-20(24)10-8-19)22(28)15-27(32(5,30)31)21-12-16(2)11-17(3)13-21/h7-13,18H,6,14-15H2,1-5H3,(H,25,29). The molecule has 2 amide bonds. The van der Waals surface area contributed by atoms with Gasteiger partial charge in [0.25, 0.3) is 0 Å². The third-order valence-corrected chi connectivity index (χ3v) is 6.35. The van der Waals surface area contributed by atoms with Crippen LogP contribution >= 0.6 is 11.6 Å². The Morgan fingerprint density at radius 3 is 2.12 bits per heavy atom. The lowest BCUT2D eigenvalue weighted by Crippen LogP contribution is -2.51. The lowest BCUT2D eigenvalue weighted by atomic mass is 10.1. The molecule has 2 aromatic carbocycles. The summed E-state index contributed by atoms with van der Waals surface area (Å²) < 4.78 is 26.2. The van der Waals surface area contributed by atoms with Crippen molar-refractivity contribution < 1.29 is 18.0 Å². The predicted molar refractivity (Wildman–Crippen MR) is 128 cm³/mol. The molecular weight excluding hydrogens is 450 g/mol. The van der Waals surface area contributed by atoms with Crippen molar-refractivity contribution in [1.29, 1.82) is 0 Å². The molecule has 32 heavy (non-hydrogen) atoms. The third-order valence-electron chi connectivity index (χ3n) is 4.96. The first kappa shape index (κ1) is 25.7. The number of sulfonamides is 1. The quantitative estimate of drug-likeness (QED) is 0.598. The van der Waals surface area contributed by atoms with Crippen molar-refractivity contribution in [2.24, 2.45) is 0 Å². The predicted octanol–water partition coefficient (Wildman–Crippen LogP) is 3.28. The number of nitrogens with zero attached hydrogens (tertiary/aromatic N) is 2. The summed E-state index contributed by atoms with van der Waals surface area (Å²) in [6.45, 7) is 7.29. The molecule has 0 spiro atoms. The Kier molecular flexibility index (Phi) is 8.69. The molecular formula is C23H30ClN3O4S. The minimum absolute atomic E-state index is 0.138. The minimum Gasteiger partial charge on any atom is -0.355 e. The topological polar surface area (TPSA) is 86.8 Å². The average molecular weight is 480 g/mol. The van der Waals surface area contributed by atoms with Gasteiger partial charge in [-0.1, -0.05) is 29.8 Å². The van der Waals surface area contributed by atoms with E-state index in [0.29, 0.717) is 17.3 Å². The summed E-state index contributed by atoms with van der Waals surface area (Å²) in [5, 5.41) is 3.28. The van der Waals surface area contributed by atoms with Gasteiger partial charge in [0.05, 0.1) is 11.9 Å². The van der Waals surface area contributed by atoms with E-state index in [1.54, 1.807) is 50.2 Å². The average Bonchev–Trinajstić information content (AvgIpc) is 2.69. The normalized spacial score (nSPS) is 12.2. The van der Waals surface area contributed by atoms with Crippen LogP contribution in [0.15, 0.2) is 42.5 Å². The van der Waals surface area contributed by atoms with E-state index in [2.05, 4.69) is 5.32 Å². The van der Waals surface area contributed by atoms with Crippen LogP contribution in [0.1, 0.15) is 30.5 Å². The highest BCUT2D eigenvalue weighted by atomic mass is 35.5. The number of nitrogens with one attached hydrogen (secondary N) is 1. The fourth-order valence-corrected chi connectivity index (χ4v) is 4.36. The SMILES string of the molecule is CCNC(=O)C(C)N(Cc1ccc(Cl)cc1)C(=O)CN(c1cc(C)cc(C)c1)S(C)(=O)=O. The Morgan fingerprint density at radius 1 is 1.06 bits per heavy atom. The fourth-order valence-electron chi connectivity index (χ4n) is 3.40. The molecule has 2 rings (SSSR count). The summed E-state index contributed by atoms with van der Waals surface area (Å²) in [4.78, 5) is 27.3. The molecule has 0 fully saturated rings.